The van der Waals surface area contributed by atoms with Gasteiger partial charge < -0.3 is 25.1 Å². The van der Waals surface area contributed by atoms with E-state index in [-0.39, 0.29) is 5.75 Å². The van der Waals surface area contributed by atoms with Gasteiger partial charge in [-0.1, -0.05) is 0 Å². The number of carbonyl (C=O) groups is 1. The average Bonchev–Trinajstić information content (AvgIpc) is 2.44. The minimum absolute atomic E-state index is 0.0920. The molecule has 6 heteroatoms. The molecule has 1 rings (SSSR count). The number of methoxy groups -OCH3 is 3. The molecule has 0 radical (unpaired) electrons. The lowest BCUT2D eigenvalue weighted by atomic mass is 9.80. The van der Waals surface area contributed by atoms with Crippen molar-refractivity contribution in [3.8, 4) is 17.2 Å². The summed E-state index contributed by atoms with van der Waals surface area (Å²) in [5, 5.41) is 10.1. The number of rotatable bonds is 5. The van der Waals surface area contributed by atoms with E-state index in [4.69, 9.17) is 19.9 Å². The number of hydrogen-bond donors (Lipinski definition) is 2. The van der Waals surface area contributed by atoms with Crippen molar-refractivity contribution in [2.24, 2.45) is 11.1 Å². The van der Waals surface area contributed by atoms with Gasteiger partial charge in [0.15, 0.2) is 0 Å². The third-order valence-electron chi connectivity index (χ3n) is 3.35. The van der Waals surface area contributed by atoms with Crippen molar-refractivity contribution in [1.82, 2.24) is 0 Å². The Bertz CT molecular complexity index is 499. The van der Waals surface area contributed by atoms with Gasteiger partial charge in [-0.05, 0) is 13.8 Å². The van der Waals surface area contributed by atoms with Gasteiger partial charge in [-0.3, -0.25) is 4.79 Å². The Hall–Kier alpha value is -1.95. The zero-order valence-corrected chi connectivity index (χ0v) is 12.4. The molecule has 0 heterocycles. The van der Waals surface area contributed by atoms with E-state index in [0.29, 0.717) is 17.1 Å². The first-order valence-electron chi connectivity index (χ1n) is 6.08. The van der Waals surface area contributed by atoms with E-state index in [9.17, 15) is 9.90 Å². The third-order valence-corrected chi connectivity index (χ3v) is 3.35. The van der Waals surface area contributed by atoms with Crippen molar-refractivity contribution in [1.29, 1.82) is 0 Å². The number of nitrogens with two attached hydrogens (primary N) is 1. The molecule has 0 saturated carbocycles. The molecule has 0 amide bonds. The Morgan fingerprint density at radius 1 is 1.25 bits per heavy atom. The summed E-state index contributed by atoms with van der Waals surface area (Å²) in [6, 6.07) is 2.23. The molecule has 1 atom stereocenters. The van der Waals surface area contributed by atoms with Gasteiger partial charge in [0.25, 0.3) is 0 Å². The molecule has 0 saturated heterocycles. The molecular formula is C14H21NO5. The fourth-order valence-corrected chi connectivity index (χ4v) is 1.94. The van der Waals surface area contributed by atoms with Crippen LogP contribution in [0.5, 0.6) is 17.2 Å². The van der Waals surface area contributed by atoms with Gasteiger partial charge in [0, 0.05) is 12.1 Å². The Kier molecular flexibility index (Phi) is 4.83. The molecule has 1 aromatic carbocycles. The largest absolute Gasteiger partial charge is 0.507 e. The molecule has 0 fully saturated rings. The molecule has 20 heavy (non-hydrogen) atoms. The topological polar surface area (TPSA) is 91.0 Å². The number of phenols is 1. The minimum atomic E-state index is -1.02. The van der Waals surface area contributed by atoms with E-state index in [2.05, 4.69) is 0 Å². The maximum atomic E-state index is 11.8. The molecule has 0 spiro atoms. The van der Waals surface area contributed by atoms with Crippen LogP contribution in [-0.4, -0.2) is 32.4 Å². The summed E-state index contributed by atoms with van der Waals surface area (Å²) in [7, 11) is 4.23. The maximum Gasteiger partial charge on any atom is 0.313 e. The number of carbonyl (C=O) groups excluding carboxylic acids is 1. The second-order valence-corrected chi connectivity index (χ2v) is 4.95. The first kappa shape index (κ1) is 16.1. The maximum absolute atomic E-state index is 11.8. The first-order chi connectivity index (χ1) is 9.29. The minimum Gasteiger partial charge on any atom is -0.507 e. The molecule has 6 nitrogen and oxygen atoms in total. The van der Waals surface area contributed by atoms with Gasteiger partial charge in [0.05, 0.1) is 38.3 Å². The van der Waals surface area contributed by atoms with Gasteiger partial charge in [-0.2, -0.15) is 0 Å². The highest BCUT2D eigenvalue weighted by Crippen LogP contribution is 2.43. The molecule has 0 aliphatic heterocycles. The number of hydrogen-bond acceptors (Lipinski definition) is 6. The lowest BCUT2D eigenvalue weighted by Gasteiger charge is -2.30. The normalized spacial score (nSPS) is 12.7. The average molecular weight is 283 g/mol. The van der Waals surface area contributed by atoms with Crippen molar-refractivity contribution < 1.29 is 24.1 Å². The van der Waals surface area contributed by atoms with Crippen LogP contribution in [0.3, 0.4) is 0 Å². The molecular weight excluding hydrogens is 262 g/mol. The lowest BCUT2D eigenvalue weighted by Crippen LogP contribution is -2.37. The monoisotopic (exact) mass is 283 g/mol. The summed E-state index contributed by atoms with van der Waals surface area (Å²) < 4.78 is 15.0. The summed E-state index contributed by atoms with van der Waals surface area (Å²) >= 11 is 0. The van der Waals surface area contributed by atoms with Crippen LogP contribution in [0.4, 0.5) is 0 Å². The Morgan fingerprint density at radius 3 is 2.30 bits per heavy atom. The van der Waals surface area contributed by atoms with Crippen molar-refractivity contribution in [3.63, 3.8) is 0 Å². The standard InChI is InChI=1S/C14H21NO5/c1-14(2,13(17)20-5)12(15)11-9(16)6-8(18-3)7-10(11)19-4/h6-7,12,16H,15H2,1-5H3/t12-/m0/s1. The van der Waals surface area contributed by atoms with E-state index in [1.807, 2.05) is 0 Å². The summed E-state index contributed by atoms with van der Waals surface area (Å²) in [6.45, 7) is 3.29. The quantitative estimate of drug-likeness (QED) is 0.798. The van der Waals surface area contributed by atoms with E-state index in [1.165, 1.54) is 27.4 Å². The van der Waals surface area contributed by atoms with Gasteiger partial charge in [-0.15, -0.1) is 0 Å². The van der Waals surface area contributed by atoms with Crippen LogP contribution in [0, 0.1) is 5.41 Å². The molecule has 0 aliphatic rings. The van der Waals surface area contributed by atoms with E-state index in [0.717, 1.165) is 0 Å². The smallest absolute Gasteiger partial charge is 0.313 e. The Labute approximate surface area is 118 Å². The SMILES string of the molecule is COC(=O)C(C)(C)[C@@H](N)c1c(O)cc(OC)cc1OC. The predicted octanol–water partition coefficient (Wildman–Crippen LogP) is 1.61. The van der Waals surface area contributed by atoms with Gasteiger partial charge in [-0.25, -0.2) is 0 Å². The van der Waals surface area contributed by atoms with Crippen molar-refractivity contribution >= 4 is 5.97 Å². The molecule has 0 aliphatic carbocycles. The second-order valence-electron chi connectivity index (χ2n) is 4.95. The highest BCUT2D eigenvalue weighted by molar-refractivity contribution is 5.77. The van der Waals surface area contributed by atoms with Gasteiger partial charge in [0.2, 0.25) is 0 Å². The first-order valence-corrected chi connectivity index (χ1v) is 6.08. The Balaban J connectivity index is 3.35. The summed E-state index contributed by atoms with van der Waals surface area (Å²) in [4.78, 5) is 11.8. The number of aromatic hydroxyl groups is 1. The van der Waals surface area contributed by atoms with Crippen molar-refractivity contribution in [2.45, 2.75) is 19.9 Å². The molecule has 0 bridgehead atoms. The highest BCUT2D eigenvalue weighted by atomic mass is 16.5. The van der Waals surface area contributed by atoms with E-state index in [1.54, 1.807) is 19.9 Å². The van der Waals surface area contributed by atoms with Gasteiger partial charge >= 0.3 is 5.97 Å². The summed E-state index contributed by atoms with van der Waals surface area (Å²) in [5.41, 5.74) is 5.45. The molecule has 112 valence electrons. The Morgan fingerprint density at radius 2 is 1.85 bits per heavy atom. The number of ether oxygens (including phenoxy) is 3. The lowest BCUT2D eigenvalue weighted by molar-refractivity contribution is -0.152. The fourth-order valence-electron chi connectivity index (χ4n) is 1.94. The van der Waals surface area contributed by atoms with Crippen LogP contribution in [0.15, 0.2) is 12.1 Å². The number of esters is 1. The zero-order valence-electron chi connectivity index (χ0n) is 12.4. The molecule has 1 aromatic rings. The highest BCUT2D eigenvalue weighted by Gasteiger charge is 2.39. The van der Waals surface area contributed by atoms with Crippen molar-refractivity contribution in [2.75, 3.05) is 21.3 Å². The number of benzene rings is 1. The zero-order chi connectivity index (χ0) is 15.5. The van der Waals surface area contributed by atoms with E-state index >= 15 is 0 Å². The fraction of sp³-hybridized carbons (Fsp3) is 0.500. The van der Waals surface area contributed by atoms with Crippen LogP contribution >= 0.6 is 0 Å². The van der Waals surface area contributed by atoms with Crippen LogP contribution in [-0.2, 0) is 9.53 Å². The van der Waals surface area contributed by atoms with Crippen LogP contribution < -0.4 is 15.2 Å². The van der Waals surface area contributed by atoms with E-state index < -0.39 is 17.4 Å². The van der Waals surface area contributed by atoms with Crippen LogP contribution in [0.1, 0.15) is 25.5 Å². The molecule has 3 N–H and O–H groups in total. The van der Waals surface area contributed by atoms with Crippen LogP contribution in [0.25, 0.3) is 0 Å². The second kappa shape index (κ2) is 6.00. The molecule has 0 aromatic heterocycles. The van der Waals surface area contributed by atoms with Crippen LogP contribution in [0.2, 0.25) is 0 Å². The number of phenolic OH excluding ortho intramolecular Hbond substituents is 1. The summed E-state index contributed by atoms with van der Waals surface area (Å²) in [6.07, 6.45) is 0. The third kappa shape index (κ3) is 2.80. The summed E-state index contributed by atoms with van der Waals surface area (Å²) in [5.74, 6) is 0.227. The van der Waals surface area contributed by atoms with Crippen molar-refractivity contribution in [3.05, 3.63) is 17.7 Å². The molecule has 0 unspecified atom stereocenters. The van der Waals surface area contributed by atoms with Gasteiger partial charge in [0.1, 0.15) is 17.2 Å². The predicted molar refractivity (Wildman–Crippen MR) is 73.9 cm³/mol.